The molecule has 1 amide bonds. The number of carbonyl (C=O) groups excluding carboxylic acids is 1. The van der Waals surface area contributed by atoms with Gasteiger partial charge in [0.25, 0.3) is 0 Å². The van der Waals surface area contributed by atoms with Crippen molar-refractivity contribution in [2.45, 2.75) is 12.8 Å². The van der Waals surface area contributed by atoms with Gasteiger partial charge in [0.1, 0.15) is 12.1 Å². The summed E-state index contributed by atoms with van der Waals surface area (Å²) in [6.45, 7) is 2.33. The largest absolute Gasteiger partial charge is 0.325 e. The Labute approximate surface area is 128 Å². The lowest BCUT2D eigenvalue weighted by Crippen LogP contribution is -2.30. The zero-order chi connectivity index (χ0) is 15.8. The van der Waals surface area contributed by atoms with Crippen LogP contribution in [0.5, 0.6) is 0 Å². The van der Waals surface area contributed by atoms with Crippen molar-refractivity contribution in [3.05, 3.63) is 24.3 Å². The summed E-state index contributed by atoms with van der Waals surface area (Å²) in [5, 5.41) is 23.7. The van der Waals surface area contributed by atoms with Gasteiger partial charge in [0, 0.05) is 5.69 Å². The maximum absolute atomic E-state index is 12.0. The molecule has 1 aliphatic rings. The lowest BCUT2D eigenvalue weighted by Gasteiger charge is -2.14. The number of anilines is 2. The molecule has 0 spiro atoms. The van der Waals surface area contributed by atoms with E-state index in [1.165, 1.54) is 0 Å². The number of nitriles is 2. The first kappa shape index (κ1) is 15.5. The molecule has 0 atom stereocenters. The lowest BCUT2D eigenvalue weighted by molar-refractivity contribution is -0.117. The zero-order valence-corrected chi connectivity index (χ0v) is 12.0. The topological polar surface area (TPSA) is 104 Å². The zero-order valence-electron chi connectivity index (χ0n) is 12.0. The molecule has 1 aromatic rings. The van der Waals surface area contributed by atoms with E-state index in [4.69, 9.17) is 10.5 Å². The monoisotopic (exact) mass is 296 g/mol. The van der Waals surface area contributed by atoms with Gasteiger partial charge >= 0.3 is 0 Å². The average molecular weight is 296 g/mol. The molecule has 0 radical (unpaired) electrons. The summed E-state index contributed by atoms with van der Waals surface area (Å²) in [6, 6.07) is 10.3. The fourth-order valence-corrected chi connectivity index (χ4v) is 2.21. The Morgan fingerprint density at radius 2 is 1.91 bits per heavy atom. The summed E-state index contributed by atoms with van der Waals surface area (Å²) in [5.41, 5.74) is 3.58. The summed E-state index contributed by atoms with van der Waals surface area (Å²) in [5.74, 6) is -0.0581. The lowest BCUT2D eigenvalue weighted by atomic mass is 10.3. The van der Waals surface area contributed by atoms with Crippen molar-refractivity contribution >= 4 is 23.0 Å². The van der Waals surface area contributed by atoms with Gasteiger partial charge in [0.05, 0.1) is 12.2 Å². The molecule has 0 unspecified atom stereocenters. The Balaban J connectivity index is 1.93. The molecule has 1 fully saturated rings. The van der Waals surface area contributed by atoms with Crippen molar-refractivity contribution < 1.29 is 4.79 Å². The van der Waals surface area contributed by atoms with Crippen molar-refractivity contribution in [1.29, 1.82) is 10.5 Å². The van der Waals surface area contributed by atoms with Gasteiger partial charge < -0.3 is 5.32 Å². The first-order valence-electron chi connectivity index (χ1n) is 6.97. The van der Waals surface area contributed by atoms with Crippen LogP contribution in [0.1, 0.15) is 12.8 Å². The van der Waals surface area contributed by atoms with Gasteiger partial charge in [0.2, 0.25) is 11.6 Å². The van der Waals surface area contributed by atoms with Crippen molar-refractivity contribution in [3.8, 4) is 12.1 Å². The van der Waals surface area contributed by atoms with Crippen LogP contribution in [0.4, 0.5) is 11.4 Å². The molecule has 7 heteroatoms. The summed E-state index contributed by atoms with van der Waals surface area (Å²) in [6.07, 6.45) is 2.29. The van der Waals surface area contributed by atoms with Gasteiger partial charge in [-0.1, -0.05) is 6.07 Å². The van der Waals surface area contributed by atoms with E-state index in [9.17, 15) is 4.79 Å². The molecule has 1 aliphatic heterocycles. The molecule has 0 aromatic heterocycles. The highest BCUT2D eigenvalue weighted by Gasteiger charge is 2.15. The third-order valence-electron chi connectivity index (χ3n) is 3.22. The molecule has 0 bridgehead atoms. The molecular weight excluding hydrogens is 280 g/mol. The van der Waals surface area contributed by atoms with Gasteiger partial charge in [0.15, 0.2) is 0 Å². The van der Waals surface area contributed by atoms with E-state index >= 15 is 0 Å². The van der Waals surface area contributed by atoms with Crippen LogP contribution >= 0.6 is 0 Å². The molecule has 0 saturated carbocycles. The van der Waals surface area contributed by atoms with Gasteiger partial charge in [-0.3, -0.25) is 15.1 Å². The van der Waals surface area contributed by atoms with Crippen molar-refractivity contribution in [1.82, 2.24) is 4.90 Å². The van der Waals surface area contributed by atoms with Crippen LogP contribution in [0.2, 0.25) is 0 Å². The number of benzene rings is 1. The molecule has 1 heterocycles. The van der Waals surface area contributed by atoms with Crippen LogP contribution in [0.3, 0.4) is 0 Å². The van der Waals surface area contributed by atoms with Crippen LogP contribution in [0, 0.1) is 22.7 Å². The average Bonchev–Trinajstić information content (AvgIpc) is 3.01. The normalized spacial score (nSPS) is 13.7. The fraction of sp³-hybridized carbons (Fsp3) is 0.333. The fourth-order valence-electron chi connectivity index (χ4n) is 2.21. The Bertz CT molecular complexity index is 633. The van der Waals surface area contributed by atoms with Crippen LogP contribution in [0.25, 0.3) is 0 Å². The van der Waals surface area contributed by atoms with E-state index in [1.807, 2.05) is 0 Å². The second-order valence-electron chi connectivity index (χ2n) is 4.91. The van der Waals surface area contributed by atoms with Crippen LogP contribution in [-0.2, 0) is 4.79 Å². The number of likely N-dealkylation sites (tertiary alicyclic amines) is 1. The molecule has 1 aromatic carbocycles. The molecule has 7 nitrogen and oxygen atoms in total. The highest BCUT2D eigenvalue weighted by molar-refractivity contribution is 6.10. The number of amides is 1. The number of nitrogens with zero attached hydrogens (tertiary/aromatic N) is 4. The van der Waals surface area contributed by atoms with Crippen LogP contribution in [0.15, 0.2) is 29.4 Å². The number of carbonyl (C=O) groups is 1. The Morgan fingerprint density at radius 3 is 2.59 bits per heavy atom. The molecule has 1 saturated heterocycles. The summed E-state index contributed by atoms with van der Waals surface area (Å²) in [7, 11) is 0. The summed E-state index contributed by atoms with van der Waals surface area (Å²) in [4.78, 5) is 14.1. The SMILES string of the molecule is N#CC(C#N)=NNc1cccc(NC(=O)CN2CCCC2)c1. The first-order chi connectivity index (χ1) is 10.7. The molecule has 2 N–H and O–H groups in total. The van der Waals surface area contributed by atoms with E-state index in [0.717, 1.165) is 25.9 Å². The molecule has 22 heavy (non-hydrogen) atoms. The third kappa shape index (κ3) is 4.58. The van der Waals surface area contributed by atoms with Crippen LogP contribution in [-0.4, -0.2) is 36.2 Å². The minimum absolute atomic E-state index is 0.0581. The van der Waals surface area contributed by atoms with Crippen molar-refractivity contribution in [3.63, 3.8) is 0 Å². The van der Waals surface area contributed by atoms with Crippen molar-refractivity contribution in [2.24, 2.45) is 5.10 Å². The third-order valence-corrected chi connectivity index (χ3v) is 3.22. The van der Waals surface area contributed by atoms with Crippen molar-refractivity contribution in [2.75, 3.05) is 30.4 Å². The number of nitrogens with one attached hydrogen (secondary N) is 2. The van der Waals surface area contributed by atoms with Gasteiger partial charge in [-0.2, -0.15) is 15.6 Å². The molecular formula is C15H16N6O. The summed E-state index contributed by atoms with van der Waals surface area (Å²) < 4.78 is 0. The highest BCUT2D eigenvalue weighted by atomic mass is 16.2. The van der Waals surface area contributed by atoms with Crippen LogP contribution < -0.4 is 10.7 Å². The van der Waals surface area contributed by atoms with E-state index in [2.05, 4.69) is 20.7 Å². The number of hydrogen-bond acceptors (Lipinski definition) is 6. The quantitative estimate of drug-likeness (QED) is 0.633. The second-order valence-corrected chi connectivity index (χ2v) is 4.91. The van der Waals surface area contributed by atoms with E-state index in [0.29, 0.717) is 17.9 Å². The Kier molecular flexibility index (Phi) is 5.47. The Morgan fingerprint density at radius 1 is 1.23 bits per heavy atom. The highest BCUT2D eigenvalue weighted by Crippen LogP contribution is 2.15. The van der Waals surface area contributed by atoms with E-state index in [-0.39, 0.29) is 11.6 Å². The van der Waals surface area contributed by atoms with Gasteiger partial charge in [-0.25, -0.2) is 0 Å². The van der Waals surface area contributed by atoms with Gasteiger partial charge in [-0.15, -0.1) is 0 Å². The maximum Gasteiger partial charge on any atom is 0.238 e. The predicted molar refractivity (Wildman–Crippen MR) is 83.0 cm³/mol. The van der Waals surface area contributed by atoms with E-state index in [1.54, 1.807) is 36.4 Å². The minimum Gasteiger partial charge on any atom is -0.325 e. The minimum atomic E-state index is -0.261. The summed E-state index contributed by atoms with van der Waals surface area (Å²) >= 11 is 0. The number of hydrazone groups is 1. The van der Waals surface area contributed by atoms with E-state index < -0.39 is 0 Å². The molecule has 2 rings (SSSR count). The standard InChI is InChI=1S/C15H16N6O/c16-9-14(10-17)20-19-13-5-3-4-12(8-13)18-15(22)11-21-6-1-2-7-21/h3-5,8,19H,1-2,6-7,11H2,(H,18,22). The van der Waals surface area contributed by atoms with Gasteiger partial charge in [-0.05, 0) is 44.1 Å². The second kappa shape index (κ2) is 7.77. The molecule has 112 valence electrons. The smallest absolute Gasteiger partial charge is 0.238 e. The number of rotatable bonds is 5. The molecule has 0 aliphatic carbocycles. The first-order valence-corrected chi connectivity index (χ1v) is 6.97. The number of hydrogen-bond donors (Lipinski definition) is 2. The predicted octanol–water partition coefficient (Wildman–Crippen LogP) is 1.54. The maximum atomic E-state index is 12.0. The Hall–Kier alpha value is -2.90.